The van der Waals surface area contributed by atoms with Gasteiger partial charge in [-0.3, -0.25) is 0 Å². The van der Waals surface area contributed by atoms with E-state index in [-0.39, 0.29) is 0 Å². The molecule has 0 N–H and O–H groups in total. The Morgan fingerprint density at radius 2 is 0.548 bits per heavy atom. The van der Waals surface area contributed by atoms with Crippen LogP contribution in [0.15, 0.2) is 24.3 Å². The third kappa shape index (κ3) is 27.1. The molecule has 250 valence electrons. The van der Waals surface area contributed by atoms with Crippen molar-refractivity contribution < 1.29 is 0 Å². The second-order valence-electron chi connectivity index (χ2n) is 15.2. The summed E-state index contributed by atoms with van der Waals surface area (Å²) in [5.74, 6) is 0. The van der Waals surface area contributed by atoms with Crippen LogP contribution in [0.5, 0.6) is 0 Å². The number of hydrogen-bond donors (Lipinski definition) is 0. The van der Waals surface area contributed by atoms with Crippen LogP contribution in [0, 0.1) is 10.8 Å². The largest absolute Gasteiger partial charge is 0.0885 e. The van der Waals surface area contributed by atoms with Gasteiger partial charge in [0.05, 0.1) is 0 Å². The molecule has 42 heavy (non-hydrogen) atoms. The lowest BCUT2D eigenvalue weighted by molar-refractivity contribution is 0.0776. The van der Waals surface area contributed by atoms with Gasteiger partial charge in [0, 0.05) is 0 Å². The Hall–Kier alpha value is -0.520. The van der Waals surface area contributed by atoms with Crippen LogP contribution in [-0.2, 0) is 0 Å². The first-order valence-electron chi connectivity index (χ1n) is 19.7. The fourth-order valence-electron chi connectivity index (χ4n) is 6.40. The molecule has 0 atom stereocenters. The molecule has 0 aromatic carbocycles. The minimum Gasteiger partial charge on any atom is -0.0885 e. The monoisotopic (exact) mass is 587 g/mol. The van der Waals surface area contributed by atoms with E-state index in [4.69, 9.17) is 0 Å². The van der Waals surface area contributed by atoms with Crippen molar-refractivity contribution in [2.24, 2.45) is 10.8 Å². The number of unbranched alkanes of at least 4 members (excludes halogenated alkanes) is 24. The Balaban J connectivity index is 3.73. The highest BCUT2D eigenvalue weighted by Gasteiger charge is 2.35. The molecule has 0 unspecified atom stereocenters. The molecule has 0 aromatic rings. The molecule has 0 heteroatoms. The highest BCUT2D eigenvalue weighted by atomic mass is 14.4. The van der Waals surface area contributed by atoms with Crippen LogP contribution in [0.2, 0.25) is 0 Å². The summed E-state index contributed by atoms with van der Waals surface area (Å²) in [4.78, 5) is 0. The Morgan fingerprint density at radius 1 is 0.310 bits per heavy atom. The van der Waals surface area contributed by atoms with Crippen LogP contribution in [-0.4, -0.2) is 0 Å². The van der Waals surface area contributed by atoms with E-state index in [9.17, 15) is 0 Å². The Kier molecular flexibility index (Phi) is 30.1. The highest BCUT2D eigenvalue weighted by Crippen LogP contribution is 2.46. The Morgan fingerprint density at radius 3 is 0.810 bits per heavy atom. The summed E-state index contributed by atoms with van der Waals surface area (Å²) in [5.41, 5.74) is 0.908. The second kappa shape index (κ2) is 30.5. The van der Waals surface area contributed by atoms with Crippen LogP contribution in [0.1, 0.15) is 234 Å². The Bertz CT molecular complexity index is 531. The van der Waals surface area contributed by atoms with Crippen LogP contribution in [0.3, 0.4) is 0 Å². The summed E-state index contributed by atoms with van der Waals surface area (Å²) in [6, 6.07) is 0. The van der Waals surface area contributed by atoms with E-state index in [0.29, 0.717) is 10.8 Å². The van der Waals surface area contributed by atoms with Crippen LogP contribution in [0.25, 0.3) is 0 Å². The molecule has 0 nitrogen and oxygen atoms in total. The third-order valence-electron chi connectivity index (χ3n) is 10.3. The number of allylic oxidation sites excluding steroid dienone is 4. The normalized spacial score (nSPS) is 12.8. The quantitative estimate of drug-likeness (QED) is 0.0543. The standard InChI is InChI=1S/C42H82/c1-7-9-11-13-15-17-19-21-23-25-27-29-31-33-35-37-39-42(6,41(3,4)5)40-38-36-34-32-30-28-26-24-22-20-18-16-14-12-10-8-2/h21-24H,7-20,25-40H2,1-6H3/b23-21-,24-22-. The average molecular weight is 587 g/mol. The highest BCUT2D eigenvalue weighted by molar-refractivity contribution is 4.86. The second-order valence-corrected chi connectivity index (χ2v) is 15.2. The molecule has 0 radical (unpaired) electrons. The van der Waals surface area contributed by atoms with Crippen molar-refractivity contribution in [3.63, 3.8) is 0 Å². The molecule has 0 bridgehead atoms. The van der Waals surface area contributed by atoms with Gasteiger partial charge in [0.2, 0.25) is 0 Å². The predicted octanol–water partition coefficient (Wildman–Crippen LogP) is 15.9. The summed E-state index contributed by atoms with van der Waals surface area (Å²) in [6.45, 7) is 14.7. The van der Waals surface area contributed by atoms with E-state index >= 15 is 0 Å². The molecule has 0 spiro atoms. The molecular formula is C42H82. The SMILES string of the molecule is CCCCCCCC/C=C\CCCCCCCCC(C)(CCCCCCCC/C=C\CCCCCCCC)C(C)(C)C. The molecule has 0 saturated heterocycles. The summed E-state index contributed by atoms with van der Waals surface area (Å²) in [6.07, 6.45) is 51.9. The lowest BCUT2D eigenvalue weighted by Gasteiger charge is -2.43. The maximum Gasteiger partial charge on any atom is -0.0277 e. The Labute approximate surface area is 268 Å². The first-order valence-corrected chi connectivity index (χ1v) is 19.7. The average Bonchev–Trinajstić information content (AvgIpc) is 2.96. The van der Waals surface area contributed by atoms with Gasteiger partial charge >= 0.3 is 0 Å². The van der Waals surface area contributed by atoms with Crippen molar-refractivity contribution in [3.05, 3.63) is 24.3 Å². The van der Waals surface area contributed by atoms with Crippen molar-refractivity contribution >= 4 is 0 Å². The van der Waals surface area contributed by atoms with Gasteiger partial charge in [-0.2, -0.15) is 0 Å². The van der Waals surface area contributed by atoms with Crippen molar-refractivity contribution in [3.8, 4) is 0 Å². The fraction of sp³-hybridized carbons (Fsp3) is 0.905. The van der Waals surface area contributed by atoms with E-state index < -0.39 is 0 Å². The molecule has 0 saturated carbocycles. The molecule has 0 aliphatic carbocycles. The van der Waals surface area contributed by atoms with Gasteiger partial charge in [-0.15, -0.1) is 0 Å². The van der Waals surface area contributed by atoms with Gasteiger partial charge in [0.1, 0.15) is 0 Å². The summed E-state index contributed by atoms with van der Waals surface area (Å²) in [5, 5.41) is 0. The van der Waals surface area contributed by atoms with Crippen LogP contribution >= 0.6 is 0 Å². The molecular weight excluding hydrogens is 504 g/mol. The zero-order chi connectivity index (χ0) is 31.0. The van der Waals surface area contributed by atoms with E-state index in [2.05, 4.69) is 65.8 Å². The lowest BCUT2D eigenvalue weighted by atomic mass is 9.63. The maximum absolute atomic E-state index is 2.60. The van der Waals surface area contributed by atoms with Crippen molar-refractivity contribution in [1.82, 2.24) is 0 Å². The summed E-state index contributed by atoms with van der Waals surface area (Å²) < 4.78 is 0. The van der Waals surface area contributed by atoms with Crippen molar-refractivity contribution in [2.75, 3.05) is 0 Å². The summed E-state index contributed by atoms with van der Waals surface area (Å²) in [7, 11) is 0. The van der Waals surface area contributed by atoms with E-state index in [1.54, 1.807) is 0 Å². The van der Waals surface area contributed by atoms with Gasteiger partial charge in [0.15, 0.2) is 0 Å². The minimum absolute atomic E-state index is 0.413. The lowest BCUT2D eigenvalue weighted by Crippen LogP contribution is -2.32. The van der Waals surface area contributed by atoms with E-state index in [1.807, 2.05) is 0 Å². The van der Waals surface area contributed by atoms with E-state index in [0.717, 1.165) is 0 Å². The maximum atomic E-state index is 2.60. The molecule has 0 heterocycles. The smallest absolute Gasteiger partial charge is 0.0277 e. The van der Waals surface area contributed by atoms with Gasteiger partial charge in [0.25, 0.3) is 0 Å². The fourth-order valence-corrected chi connectivity index (χ4v) is 6.40. The van der Waals surface area contributed by atoms with Gasteiger partial charge in [-0.1, -0.05) is 194 Å². The predicted molar refractivity (Wildman–Crippen MR) is 196 cm³/mol. The summed E-state index contributed by atoms with van der Waals surface area (Å²) >= 11 is 0. The van der Waals surface area contributed by atoms with E-state index in [1.165, 1.54) is 193 Å². The van der Waals surface area contributed by atoms with Crippen LogP contribution in [0.4, 0.5) is 0 Å². The molecule has 0 aliphatic heterocycles. The van der Waals surface area contributed by atoms with Crippen molar-refractivity contribution in [2.45, 2.75) is 234 Å². The third-order valence-corrected chi connectivity index (χ3v) is 10.3. The first kappa shape index (κ1) is 41.5. The minimum atomic E-state index is 0.413. The molecule has 0 amide bonds. The van der Waals surface area contributed by atoms with Crippen LogP contribution < -0.4 is 0 Å². The van der Waals surface area contributed by atoms with Gasteiger partial charge < -0.3 is 0 Å². The van der Waals surface area contributed by atoms with Crippen molar-refractivity contribution in [1.29, 1.82) is 0 Å². The molecule has 0 fully saturated rings. The first-order chi connectivity index (χ1) is 20.4. The topological polar surface area (TPSA) is 0 Å². The zero-order valence-electron chi connectivity index (χ0n) is 30.5. The van der Waals surface area contributed by atoms with Gasteiger partial charge in [-0.25, -0.2) is 0 Å². The molecule has 0 aliphatic rings. The number of rotatable bonds is 32. The van der Waals surface area contributed by atoms with Gasteiger partial charge in [-0.05, 0) is 75.0 Å². The zero-order valence-corrected chi connectivity index (χ0v) is 30.5. The number of hydrogen-bond acceptors (Lipinski definition) is 0. The molecule has 0 rings (SSSR count). The molecule has 0 aromatic heterocycles.